The van der Waals surface area contributed by atoms with Crippen LogP contribution in [0, 0.1) is 0 Å². The Bertz CT molecular complexity index is 1580. The Hall–Kier alpha value is -4.45. The Morgan fingerprint density at radius 2 is 0.548 bits per heavy atom. The molecular weight excluding hydrogens is 901 g/mol. The molecule has 0 saturated heterocycles. The van der Waals surface area contributed by atoms with Crippen molar-refractivity contribution in [3.8, 4) is 0 Å². The van der Waals surface area contributed by atoms with Gasteiger partial charge in [-0.2, -0.15) is 0 Å². The van der Waals surface area contributed by atoms with E-state index in [9.17, 15) is 14.4 Å². The van der Waals surface area contributed by atoms with Crippen LogP contribution in [0.25, 0.3) is 0 Å². The van der Waals surface area contributed by atoms with E-state index in [4.69, 9.17) is 14.2 Å². The third kappa shape index (κ3) is 58.3. The number of ether oxygens (including phenoxy) is 3. The van der Waals surface area contributed by atoms with Crippen molar-refractivity contribution in [2.24, 2.45) is 0 Å². The van der Waals surface area contributed by atoms with Gasteiger partial charge >= 0.3 is 17.9 Å². The van der Waals surface area contributed by atoms with E-state index < -0.39 is 6.10 Å². The summed E-state index contributed by atoms with van der Waals surface area (Å²) >= 11 is 0. The lowest BCUT2D eigenvalue weighted by Crippen LogP contribution is -2.30. The van der Waals surface area contributed by atoms with Gasteiger partial charge in [0.15, 0.2) is 6.10 Å². The average molecular weight is 1010 g/mol. The molecule has 0 N–H and O–H groups in total. The molecule has 0 rings (SSSR count). The van der Waals surface area contributed by atoms with Gasteiger partial charge in [-0.05, 0) is 109 Å². The first kappa shape index (κ1) is 68.6. The summed E-state index contributed by atoms with van der Waals surface area (Å²) in [5.74, 6) is -1.02. The summed E-state index contributed by atoms with van der Waals surface area (Å²) in [7, 11) is 0. The van der Waals surface area contributed by atoms with Crippen LogP contribution in [-0.4, -0.2) is 37.2 Å². The van der Waals surface area contributed by atoms with Gasteiger partial charge in [-0.15, -0.1) is 0 Å². The van der Waals surface area contributed by atoms with Crippen molar-refractivity contribution >= 4 is 17.9 Å². The van der Waals surface area contributed by atoms with Gasteiger partial charge in [0.25, 0.3) is 0 Å². The van der Waals surface area contributed by atoms with Crippen molar-refractivity contribution in [2.45, 2.75) is 258 Å². The molecule has 0 fully saturated rings. The lowest BCUT2D eigenvalue weighted by Gasteiger charge is -2.18. The van der Waals surface area contributed by atoms with E-state index in [2.05, 4.69) is 154 Å². The predicted molar refractivity (Wildman–Crippen MR) is 316 cm³/mol. The lowest BCUT2D eigenvalue weighted by atomic mass is 10.0. The minimum Gasteiger partial charge on any atom is -0.462 e. The highest BCUT2D eigenvalue weighted by Gasteiger charge is 2.19. The maximum absolute atomic E-state index is 12.9. The molecule has 0 aromatic carbocycles. The number of hydrogen-bond acceptors (Lipinski definition) is 6. The Labute approximate surface area is 449 Å². The molecule has 0 radical (unpaired) electrons. The maximum Gasteiger partial charge on any atom is 0.306 e. The monoisotopic (exact) mass is 1010 g/mol. The Kier molecular flexibility index (Phi) is 56.4. The molecule has 412 valence electrons. The highest BCUT2D eigenvalue weighted by atomic mass is 16.6. The SMILES string of the molecule is CC/C=C\C/C=C\C/C=C\C/C=C\C/C=C\C/C=C\CCCCC(=O)OCC(COC(=O)CCCCCCCCCCCCCCCCCCC)OC(=O)CCC/C=C\C/C=C\C/C=C\C/C=C\C/C=C\CC. The fraction of sp³-hybridized carbons (Fsp3) is 0.627. The number of rotatable bonds is 52. The van der Waals surface area contributed by atoms with Crippen molar-refractivity contribution in [3.05, 3.63) is 134 Å². The zero-order valence-corrected chi connectivity index (χ0v) is 47.1. The molecule has 1 unspecified atom stereocenters. The molecule has 0 saturated carbocycles. The molecule has 0 aromatic heterocycles. The quantitative estimate of drug-likeness (QED) is 0.0261. The number of allylic oxidation sites excluding steroid dienone is 22. The second-order valence-electron chi connectivity index (χ2n) is 19.1. The van der Waals surface area contributed by atoms with E-state index in [0.29, 0.717) is 19.3 Å². The first-order valence-electron chi connectivity index (χ1n) is 29.7. The van der Waals surface area contributed by atoms with Gasteiger partial charge < -0.3 is 14.2 Å². The summed E-state index contributed by atoms with van der Waals surface area (Å²) in [6.45, 7) is 6.33. The van der Waals surface area contributed by atoms with E-state index in [1.54, 1.807) is 0 Å². The van der Waals surface area contributed by atoms with E-state index in [1.165, 1.54) is 89.9 Å². The summed E-state index contributed by atoms with van der Waals surface area (Å²) in [5, 5.41) is 0. The normalized spacial score (nSPS) is 13.1. The standard InChI is InChI=1S/C67H108O6/c1-4-7-10-13-16-19-22-25-28-31-32-33-34-37-39-42-45-48-51-54-57-60-66(69)72-63-64(73-67(70)61-58-55-52-49-46-43-40-36-30-27-24-21-18-15-12-9-6-3)62-71-65(68)59-56-53-50-47-44-41-38-35-29-26-23-20-17-14-11-8-5-2/h7,9-10,12,16,18-19,21,25,27-28,30,32-33,37,39-40,43,45,48-49,52,64H,4-6,8,11,13-15,17,20,22-24,26,29,31,34-36,38,41-42,44,46-47,50-51,53-63H2,1-3H3/b10-7-,12-9-,19-16-,21-18-,28-25-,30-27-,33-32-,39-37-,43-40-,48-45-,52-49-. The van der Waals surface area contributed by atoms with Gasteiger partial charge in [-0.3, -0.25) is 14.4 Å². The topological polar surface area (TPSA) is 78.9 Å². The number of carbonyl (C=O) groups is 3. The second-order valence-corrected chi connectivity index (χ2v) is 19.1. The van der Waals surface area contributed by atoms with Gasteiger partial charge in [0.05, 0.1) is 0 Å². The Balaban J connectivity index is 4.55. The van der Waals surface area contributed by atoms with Crippen LogP contribution >= 0.6 is 0 Å². The zero-order chi connectivity index (χ0) is 52.9. The van der Waals surface area contributed by atoms with Gasteiger partial charge in [0.1, 0.15) is 13.2 Å². The third-order valence-electron chi connectivity index (χ3n) is 12.2. The largest absolute Gasteiger partial charge is 0.462 e. The molecule has 73 heavy (non-hydrogen) atoms. The van der Waals surface area contributed by atoms with Crippen molar-refractivity contribution in [3.63, 3.8) is 0 Å². The predicted octanol–water partition coefficient (Wildman–Crippen LogP) is 20.2. The van der Waals surface area contributed by atoms with E-state index >= 15 is 0 Å². The van der Waals surface area contributed by atoms with Crippen molar-refractivity contribution in [2.75, 3.05) is 13.2 Å². The summed E-state index contributed by atoms with van der Waals surface area (Å²) < 4.78 is 16.8. The maximum atomic E-state index is 12.9. The van der Waals surface area contributed by atoms with Crippen LogP contribution in [0.1, 0.15) is 252 Å². The van der Waals surface area contributed by atoms with Crippen LogP contribution in [0.15, 0.2) is 134 Å². The van der Waals surface area contributed by atoms with Gasteiger partial charge in [-0.25, -0.2) is 0 Å². The number of unbranched alkanes of at least 4 members (excludes halogenated alkanes) is 19. The summed E-state index contributed by atoms with van der Waals surface area (Å²) in [6, 6.07) is 0. The third-order valence-corrected chi connectivity index (χ3v) is 12.2. The Morgan fingerprint density at radius 1 is 0.288 bits per heavy atom. The molecule has 0 aromatic rings. The fourth-order valence-electron chi connectivity index (χ4n) is 7.78. The molecule has 1 atom stereocenters. The number of esters is 3. The lowest BCUT2D eigenvalue weighted by molar-refractivity contribution is -0.167. The minimum absolute atomic E-state index is 0.117. The van der Waals surface area contributed by atoms with Crippen LogP contribution in [0.5, 0.6) is 0 Å². The van der Waals surface area contributed by atoms with Crippen LogP contribution in [0.2, 0.25) is 0 Å². The van der Waals surface area contributed by atoms with Gasteiger partial charge in [-0.1, -0.05) is 257 Å². The summed E-state index contributed by atoms with van der Waals surface area (Å²) in [5.41, 5.74) is 0. The van der Waals surface area contributed by atoms with Gasteiger partial charge in [0, 0.05) is 19.3 Å². The average Bonchev–Trinajstić information content (AvgIpc) is 3.39. The van der Waals surface area contributed by atoms with Crippen LogP contribution in [0.3, 0.4) is 0 Å². The molecule has 0 amide bonds. The molecule has 0 spiro atoms. The summed E-state index contributed by atoms with van der Waals surface area (Å²) in [4.78, 5) is 38.2. The van der Waals surface area contributed by atoms with E-state index in [1.807, 2.05) is 0 Å². The molecule has 6 heteroatoms. The first-order chi connectivity index (χ1) is 36.0. The highest BCUT2D eigenvalue weighted by molar-refractivity contribution is 5.71. The minimum atomic E-state index is -0.830. The smallest absolute Gasteiger partial charge is 0.306 e. The van der Waals surface area contributed by atoms with Crippen molar-refractivity contribution in [1.29, 1.82) is 0 Å². The molecule has 0 heterocycles. The van der Waals surface area contributed by atoms with Crippen LogP contribution in [0.4, 0.5) is 0 Å². The van der Waals surface area contributed by atoms with Crippen LogP contribution < -0.4 is 0 Å². The first-order valence-corrected chi connectivity index (χ1v) is 29.7. The molecule has 6 nitrogen and oxygen atoms in total. The summed E-state index contributed by atoms with van der Waals surface area (Å²) in [6.07, 6.45) is 84.5. The number of hydrogen-bond donors (Lipinski definition) is 0. The van der Waals surface area contributed by atoms with Crippen LogP contribution in [-0.2, 0) is 28.6 Å². The zero-order valence-electron chi connectivity index (χ0n) is 47.1. The molecule has 0 aliphatic carbocycles. The van der Waals surface area contributed by atoms with E-state index in [0.717, 1.165) is 109 Å². The molecular formula is C67H108O6. The van der Waals surface area contributed by atoms with Crippen molar-refractivity contribution < 1.29 is 28.6 Å². The van der Waals surface area contributed by atoms with Crippen molar-refractivity contribution in [1.82, 2.24) is 0 Å². The molecule has 0 bridgehead atoms. The van der Waals surface area contributed by atoms with E-state index in [-0.39, 0.29) is 44.0 Å². The molecule has 0 aliphatic rings. The molecule has 0 aliphatic heterocycles. The van der Waals surface area contributed by atoms with Gasteiger partial charge in [0.2, 0.25) is 0 Å². The second kappa shape index (κ2) is 60.1. The Morgan fingerprint density at radius 3 is 0.877 bits per heavy atom. The highest BCUT2D eigenvalue weighted by Crippen LogP contribution is 2.15. The fourth-order valence-corrected chi connectivity index (χ4v) is 7.78. The number of carbonyl (C=O) groups excluding carboxylic acids is 3.